The molecular weight excluding hydrogens is 272 g/mol. The summed E-state index contributed by atoms with van der Waals surface area (Å²) in [6.07, 6.45) is 2.23. The van der Waals surface area contributed by atoms with Crippen molar-refractivity contribution in [1.82, 2.24) is 9.80 Å². The summed E-state index contributed by atoms with van der Waals surface area (Å²) in [6.45, 7) is 1.70. The van der Waals surface area contributed by atoms with Crippen LogP contribution in [0.3, 0.4) is 0 Å². The van der Waals surface area contributed by atoms with E-state index in [9.17, 15) is 14.9 Å². The zero-order valence-corrected chi connectivity index (χ0v) is 12.3. The third kappa shape index (κ3) is 3.30. The molecule has 2 rings (SSSR count). The van der Waals surface area contributed by atoms with Gasteiger partial charge in [0.1, 0.15) is 5.69 Å². The van der Waals surface area contributed by atoms with Gasteiger partial charge in [0.15, 0.2) is 0 Å². The lowest BCUT2D eigenvalue weighted by atomic mass is 10.1. The van der Waals surface area contributed by atoms with E-state index in [0.29, 0.717) is 18.2 Å². The van der Waals surface area contributed by atoms with Gasteiger partial charge in [0.05, 0.1) is 4.92 Å². The van der Waals surface area contributed by atoms with Crippen LogP contribution in [0.4, 0.5) is 11.4 Å². The molecule has 0 spiro atoms. The van der Waals surface area contributed by atoms with Gasteiger partial charge >= 0.3 is 0 Å². The van der Waals surface area contributed by atoms with E-state index in [0.717, 1.165) is 19.4 Å². The van der Waals surface area contributed by atoms with Crippen molar-refractivity contribution in [2.75, 3.05) is 32.9 Å². The summed E-state index contributed by atoms with van der Waals surface area (Å²) in [5.41, 5.74) is 5.84. The first kappa shape index (κ1) is 15.2. The van der Waals surface area contributed by atoms with E-state index in [-0.39, 0.29) is 17.3 Å². The number of carbonyl (C=O) groups is 1. The SMILES string of the molecule is CN(CC1CCCN1C)C(=O)c1ccc([N+](=O)[O-])c(N)c1. The van der Waals surface area contributed by atoms with Gasteiger partial charge in [0.25, 0.3) is 11.6 Å². The Morgan fingerprint density at radius 3 is 2.81 bits per heavy atom. The lowest BCUT2D eigenvalue weighted by Gasteiger charge is -2.26. The largest absolute Gasteiger partial charge is 0.393 e. The summed E-state index contributed by atoms with van der Waals surface area (Å²) in [4.78, 5) is 26.4. The van der Waals surface area contributed by atoms with Crippen molar-refractivity contribution in [3.8, 4) is 0 Å². The number of amides is 1. The molecule has 1 heterocycles. The number of nitrogens with zero attached hydrogens (tertiary/aromatic N) is 3. The van der Waals surface area contributed by atoms with Crippen LogP contribution in [0, 0.1) is 10.1 Å². The molecule has 0 bridgehead atoms. The molecule has 0 saturated carbocycles. The van der Waals surface area contributed by atoms with Gasteiger partial charge in [-0.15, -0.1) is 0 Å². The molecule has 114 valence electrons. The van der Waals surface area contributed by atoms with Crippen LogP contribution >= 0.6 is 0 Å². The third-order valence-corrected chi connectivity index (χ3v) is 3.97. The minimum atomic E-state index is -0.555. The van der Waals surface area contributed by atoms with Crippen molar-refractivity contribution in [2.45, 2.75) is 18.9 Å². The summed E-state index contributed by atoms with van der Waals surface area (Å²) < 4.78 is 0. The Labute approximate surface area is 123 Å². The molecule has 21 heavy (non-hydrogen) atoms. The first-order chi connectivity index (χ1) is 9.90. The van der Waals surface area contributed by atoms with Gasteiger partial charge in [-0.25, -0.2) is 0 Å². The molecule has 7 nitrogen and oxygen atoms in total. The van der Waals surface area contributed by atoms with Crippen LogP contribution in [0.25, 0.3) is 0 Å². The molecular formula is C14H20N4O3. The number of likely N-dealkylation sites (tertiary alicyclic amines) is 1. The second kappa shape index (κ2) is 6.09. The number of rotatable bonds is 4. The predicted molar refractivity (Wildman–Crippen MR) is 80.1 cm³/mol. The fourth-order valence-electron chi connectivity index (χ4n) is 2.68. The molecule has 1 aliphatic heterocycles. The number of nitro groups is 1. The first-order valence-corrected chi connectivity index (χ1v) is 6.89. The summed E-state index contributed by atoms with van der Waals surface area (Å²) in [7, 11) is 3.80. The van der Waals surface area contributed by atoms with Crippen LogP contribution in [-0.4, -0.2) is 53.9 Å². The Morgan fingerprint density at radius 1 is 1.57 bits per heavy atom. The molecule has 1 saturated heterocycles. The lowest BCUT2D eigenvalue weighted by molar-refractivity contribution is -0.383. The van der Waals surface area contributed by atoms with Crippen LogP contribution in [0.5, 0.6) is 0 Å². The van der Waals surface area contributed by atoms with Crippen LogP contribution in [0.15, 0.2) is 18.2 Å². The van der Waals surface area contributed by atoms with Crippen LogP contribution in [0.1, 0.15) is 23.2 Å². The van der Waals surface area contributed by atoms with E-state index in [2.05, 4.69) is 11.9 Å². The molecule has 1 atom stereocenters. The molecule has 1 amide bonds. The van der Waals surface area contributed by atoms with E-state index in [1.807, 2.05) is 0 Å². The number of anilines is 1. The number of hydrogen-bond donors (Lipinski definition) is 1. The fraction of sp³-hybridized carbons (Fsp3) is 0.500. The number of benzene rings is 1. The van der Waals surface area contributed by atoms with Crippen LogP contribution < -0.4 is 5.73 Å². The molecule has 0 radical (unpaired) electrons. The normalized spacial score (nSPS) is 18.7. The molecule has 1 aliphatic rings. The number of nitrogen functional groups attached to an aromatic ring is 1. The highest BCUT2D eigenvalue weighted by Crippen LogP contribution is 2.23. The maximum Gasteiger partial charge on any atom is 0.292 e. The fourth-order valence-corrected chi connectivity index (χ4v) is 2.68. The highest BCUT2D eigenvalue weighted by Gasteiger charge is 2.25. The van der Waals surface area contributed by atoms with Gasteiger partial charge in [-0.3, -0.25) is 14.9 Å². The van der Waals surface area contributed by atoms with Gasteiger partial charge in [-0.2, -0.15) is 0 Å². The number of nitrogens with two attached hydrogens (primary N) is 1. The van der Waals surface area contributed by atoms with Crippen molar-refractivity contribution in [2.24, 2.45) is 0 Å². The van der Waals surface area contributed by atoms with E-state index in [1.165, 1.54) is 18.2 Å². The van der Waals surface area contributed by atoms with Crippen molar-refractivity contribution in [1.29, 1.82) is 0 Å². The minimum absolute atomic E-state index is 0.0113. The summed E-state index contributed by atoms with van der Waals surface area (Å²) in [5, 5.41) is 10.7. The van der Waals surface area contributed by atoms with E-state index in [1.54, 1.807) is 11.9 Å². The molecule has 1 fully saturated rings. The summed E-state index contributed by atoms with van der Waals surface area (Å²) in [6, 6.07) is 4.47. The van der Waals surface area contributed by atoms with E-state index < -0.39 is 4.92 Å². The molecule has 1 unspecified atom stereocenters. The van der Waals surface area contributed by atoms with Gasteiger partial charge < -0.3 is 15.5 Å². The monoisotopic (exact) mass is 292 g/mol. The molecule has 1 aromatic carbocycles. The average molecular weight is 292 g/mol. The van der Waals surface area contributed by atoms with Crippen molar-refractivity contribution in [3.63, 3.8) is 0 Å². The highest BCUT2D eigenvalue weighted by atomic mass is 16.6. The Kier molecular flexibility index (Phi) is 4.42. The van der Waals surface area contributed by atoms with Crippen LogP contribution in [0.2, 0.25) is 0 Å². The minimum Gasteiger partial charge on any atom is -0.393 e. The average Bonchev–Trinajstić information content (AvgIpc) is 2.82. The first-order valence-electron chi connectivity index (χ1n) is 6.89. The topological polar surface area (TPSA) is 92.7 Å². The Balaban J connectivity index is 2.08. The van der Waals surface area contributed by atoms with Crippen molar-refractivity contribution < 1.29 is 9.72 Å². The van der Waals surface area contributed by atoms with Gasteiger partial charge in [-0.05, 0) is 38.6 Å². The Morgan fingerprint density at radius 2 is 2.29 bits per heavy atom. The van der Waals surface area contributed by atoms with Crippen molar-refractivity contribution in [3.05, 3.63) is 33.9 Å². The number of hydrogen-bond acceptors (Lipinski definition) is 5. The molecule has 0 aromatic heterocycles. The quantitative estimate of drug-likeness (QED) is 0.513. The second-order valence-electron chi connectivity index (χ2n) is 5.49. The maximum absolute atomic E-state index is 12.4. The predicted octanol–water partition coefficient (Wildman–Crippen LogP) is 1.34. The highest BCUT2D eigenvalue weighted by molar-refractivity contribution is 5.95. The standard InChI is InChI=1S/C14H20N4O3/c1-16-7-3-4-11(16)9-17(2)14(19)10-5-6-13(18(20)21)12(15)8-10/h5-6,8,11H,3-4,7,9,15H2,1-2H3. The van der Waals surface area contributed by atoms with Crippen molar-refractivity contribution >= 4 is 17.3 Å². The summed E-state index contributed by atoms with van der Waals surface area (Å²) in [5.74, 6) is -0.170. The van der Waals surface area contributed by atoms with Gasteiger partial charge in [-0.1, -0.05) is 0 Å². The number of carbonyl (C=O) groups excluding carboxylic acids is 1. The number of nitro benzene ring substituents is 1. The van der Waals surface area contributed by atoms with E-state index >= 15 is 0 Å². The second-order valence-corrected chi connectivity index (χ2v) is 5.49. The molecule has 0 aliphatic carbocycles. The summed E-state index contributed by atoms with van der Waals surface area (Å²) >= 11 is 0. The van der Waals surface area contributed by atoms with Gasteiger partial charge in [0, 0.05) is 31.3 Å². The molecule has 1 aromatic rings. The lowest BCUT2D eigenvalue weighted by Crippen LogP contribution is -2.39. The van der Waals surface area contributed by atoms with E-state index in [4.69, 9.17) is 5.73 Å². The Bertz CT molecular complexity index is 561. The third-order valence-electron chi connectivity index (χ3n) is 3.97. The Hall–Kier alpha value is -2.15. The smallest absolute Gasteiger partial charge is 0.292 e. The molecule has 2 N–H and O–H groups in total. The zero-order chi connectivity index (χ0) is 15.6. The molecule has 7 heteroatoms. The zero-order valence-electron chi connectivity index (χ0n) is 12.3. The number of likely N-dealkylation sites (N-methyl/N-ethyl adjacent to an activating group) is 2. The van der Waals surface area contributed by atoms with Gasteiger partial charge in [0.2, 0.25) is 0 Å². The van der Waals surface area contributed by atoms with Crippen LogP contribution in [-0.2, 0) is 0 Å². The maximum atomic E-state index is 12.4.